The predicted molar refractivity (Wildman–Crippen MR) is 133 cm³/mol. The van der Waals surface area contributed by atoms with E-state index >= 15 is 0 Å². The van der Waals surface area contributed by atoms with Crippen LogP contribution < -0.4 is 0 Å². The van der Waals surface area contributed by atoms with Gasteiger partial charge in [-0.05, 0) is 69.7 Å². The number of halogens is 1. The van der Waals surface area contributed by atoms with Gasteiger partial charge in [-0.1, -0.05) is 18.2 Å². The topological polar surface area (TPSA) is 73.1 Å². The summed E-state index contributed by atoms with van der Waals surface area (Å²) < 4.78 is 7.59. The highest BCUT2D eigenvalue weighted by Crippen LogP contribution is 2.45. The number of hydrogen-bond donors (Lipinski definition) is 0. The van der Waals surface area contributed by atoms with E-state index in [1.54, 1.807) is 22.6 Å². The Morgan fingerprint density at radius 2 is 2.09 bits per heavy atom. The van der Waals surface area contributed by atoms with Crippen LogP contribution in [-0.4, -0.2) is 36.3 Å². The minimum absolute atomic E-state index is 0.324. The smallest absolute Gasteiger partial charge is 0.411 e. The zero-order chi connectivity index (χ0) is 24.1. The van der Waals surface area contributed by atoms with Gasteiger partial charge < -0.3 is 4.74 Å². The Kier molecular flexibility index (Phi) is 5.76. The van der Waals surface area contributed by atoms with Crippen LogP contribution in [0.3, 0.4) is 0 Å². The number of aromatic nitrogens is 4. The highest BCUT2D eigenvalue weighted by atomic mass is 35.5. The Balaban J connectivity index is 1.46. The molecular formula is C25H28ClN5O2S. The summed E-state index contributed by atoms with van der Waals surface area (Å²) in [6, 6.07) is 6.27. The number of aryl methyl sites for hydroxylation is 1. The molecule has 3 heterocycles. The number of fused-ring (bicyclic) bond motifs is 3. The molecule has 1 aromatic carbocycles. The Morgan fingerprint density at radius 3 is 2.76 bits per heavy atom. The number of alkyl halides is 1. The first kappa shape index (κ1) is 23.1. The van der Waals surface area contributed by atoms with Crippen LogP contribution in [0.25, 0.3) is 11.3 Å². The molecule has 0 fully saturated rings. The summed E-state index contributed by atoms with van der Waals surface area (Å²) in [4.78, 5) is 18.7. The first-order valence-electron chi connectivity index (χ1n) is 11.4. The molecule has 0 radical (unpaired) electrons. The van der Waals surface area contributed by atoms with E-state index in [1.165, 1.54) is 5.57 Å². The number of nitrogens with zero attached hydrogens (tertiary/aromatic N) is 5. The molecule has 3 aromatic rings. The monoisotopic (exact) mass is 497 g/mol. The first-order valence-corrected chi connectivity index (χ1v) is 12.7. The molecule has 1 aliphatic heterocycles. The van der Waals surface area contributed by atoms with Crippen molar-refractivity contribution in [1.82, 2.24) is 24.6 Å². The van der Waals surface area contributed by atoms with Crippen LogP contribution in [-0.2, 0) is 22.7 Å². The number of benzene rings is 1. The van der Waals surface area contributed by atoms with Crippen molar-refractivity contribution in [1.29, 1.82) is 0 Å². The number of amides is 1. The van der Waals surface area contributed by atoms with Crippen LogP contribution >= 0.6 is 22.9 Å². The molecule has 2 aliphatic rings. The van der Waals surface area contributed by atoms with Gasteiger partial charge in [0.25, 0.3) is 0 Å². The van der Waals surface area contributed by atoms with Gasteiger partial charge in [0.2, 0.25) is 0 Å². The van der Waals surface area contributed by atoms with E-state index in [-0.39, 0.29) is 6.09 Å². The molecule has 2 aromatic heterocycles. The SMILES string of the molecule is Cc1nc(C2=CCC(Cl)(c3ccc4c(c3)CN(C(=O)OC(C)(C)C)Cc3nncn3-4)CC2)cs1. The average Bonchev–Trinajstić information content (AvgIpc) is 3.38. The van der Waals surface area contributed by atoms with E-state index in [4.69, 9.17) is 16.3 Å². The van der Waals surface area contributed by atoms with Crippen molar-refractivity contribution < 1.29 is 9.53 Å². The molecule has 0 spiro atoms. The number of hydrogen-bond acceptors (Lipinski definition) is 6. The van der Waals surface area contributed by atoms with Gasteiger partial charge in [0.05, 0.1) is 34.4 Å². The molecule has 1 amide bonds. The first-order chi connectivity index (χ1) is 16.1. The minimum atomic E-state index is -0.579. The van der Waals surface area contributed by atoms with Crippen molar-refractivity contribution >= 4 is 34.6 Å². The highest BCUT2D eigenvalue weighted by molar-refractivity contribution is 7.09. The quantitative estimate of drug-likeness (QED) is 0.407. The maximum atomic E-state index is 12.9. The number of allylic oxidation sites excluding steroid dienone is 2. The number of carbonyl (C=O) groups excluding carboxylic acids is 1. The second-order valence-corrected chi connectivity index (χ2v) is 11.7. The Bertz CT molecular complexity index is 1270. The normalized spacial score (nSPS) is 20.3. The maximum absolute atomic E-state index is 12.9. The van der Waals surface area contributed by atoms with Crippen molar-refractivity contribution in [2.45, 2.75) is 70.5 Å². The second kappa shape index (κ2) is 8.50. The summed E-state index contributed by atoms with van der Waals surface area (Å²) in [5.41, 5.74) is 4.76. The summed E-state index contributed by atoms with van der Waals surface area (Å²) in [5, 5.41) is 11.5. The van der Waals surface area contributed by atoms with E-state index in [1.807, 2.05) is 32.3 Å². The summed E-state index contributed by atoms with van der Waals surface area (Å²) in [7, 11) is 0. The van der Waals surface area contributed by atoms with Crippen LogP contribution in [0.5, 0.6) is 0 Å². The van der Waals surface area contributed by atoms with Crippen LogP contribution in [0.1, 0.15) is 67.7 Å². The Morgan fingerprint density at radius 1 is 1.26 bits per heavy atom. The van der Waals surface area contributed by atoms with Crippen molar-refractivity contribution in [3.63, 3.8) is 0 Å². The molecule has 178 valence electrons. The second-order valence-electron chi connectivity index (χ2n) is 9.95. The van der Waals surface area contributed by atoms with Gasteiger partial charge in [-0.15, -0.1) is 33.1 Å². The summed E-state index contributed by atoms with van der Waals surface area (Å²) in [5.74, 6) is 0.696. The largest absolute Gasteiger partial charge is 0.444 e. The van der Waals surface area contributed by atoms with Crippen molar-refractivity contribution in [3.05, 3.63) is 63.6 Å². The summed E-state index contributed by atoms with van der Waals surface area (Å²) in [6.45, 7) is 8.36. The highest BCUT2D eigenvalue weighted by Gasteiger charge is 2.34. The predicted octanol–water partition coefficient (Wildman–Crippen LogP) is 5.98. The minimum Gasteiger partial charge on any atom is -0.444 e. The van der Waals surface area contributed by atoms with Gasteiger partial charge in [-0.3, -0.25) is 9.47 Å². The number of thiazole rings is 1. The van der Waals surface area contributed by atoms with Gasteiger partial charge in [-0.2, -0.15) is 0 Å². The maximum Gasteiger partial charge on any atom is 0.411 e. The van der Waals surface area contributed by atoms with E-state index in [2.05, 4.69) is 44.8 Å². The fourth-order valence-electron chi connectivity index (χ4n) is 4.51. The van der Waals surface area contributed by atoms with Gasteiger partial charge >= 0.3 is 6.09 Å². The average molecular weight is 498 g/mol. The molecule has 34 heavy (non-hydrogen) atoms. The fraction of sp³-hybridized carbons (Fsp3) is 0.440. The van der Waals surface area contributed by atoms with Crippen LogP contribution in [0, 0.1) is 6.92 Å². The van der Waals surface area contributed by atoms with Crippen molar-refractivity contribution in [2.75, 3.05) is 0 Å². The van der Waals surface area contributed by atoms with Gasteiger partial charge in [0, 0.05) is 5.38 Å². The lowest BCUT2D eigenvalue weighted by Crippen LogP contribution is -2.36. The molecule has 1 atom stereocenters. The summed E-state index contributed by atoms with van der Waals surface area (Å²) >= 11 is 8.88. The molecule has 9 heteroatoms. The number of ether oxygens (including phenoxy) is 1. The fourth-order valence-corrected chi connectivity index (χ4v) is 5.44. The molecule has 7 nitrogen and oxygen atoms in total. The standard InChI is InChI=1S/C25H28ClN5O2S/c1-16-28-20(14-34-16)17-7-9-25(26,10-8-17)19-5-6-21-18(11-19)12-30(23(32)33-24(2,3)4)13-22-29-27-15-31(21)22/h5-7,11,14-15H,8-10,12-13H2,1-4H3. The molecule has 0 N–H and O–H groups in total. The van der Waals surface area contributed by atoms with E-state index in [0.29, 0.717) is 18.9 Å². The zero-order valence-electron chi connectivity index (χ0n) is 19.8. The Labute approximate surface area is 208 Å². The zero-order valence-corrected chi connectivity index (χ0v) is 21.4. The molecule has 0 saturated heterocycles. The molecule has 0 saturated carbocycles. The van der Waals surface area contributed by atoms with Gasteiger partial charge in [-0.25, -0.2) is 9.78 Å². The van der Waals surface area contributed by atoms with Crippen LogP contribution in [0.2, 0.25) is 0 Å². The summed E-state index contributed by atoms with van der Waals surface area (Å²) in [6.07, 6.45) is 5.97. The number of carbonyl (C=O) groups is 1. The van der Waals surface area contributed by atoms with Crippen molar-refractivity contribution in [3.8, 4) is 5.69 Å². The third-order valence-corrected chi connectivity index (χ3v) is 7.57. The molecule has 1 unspecified atom stereocenters. The lowest BCUT2D eigenvalue weighted by Gasteiger charge is -2.32. The third kappa shape index (κ3) is 4.49. The van der Waals surface area contributed by atoms with Crippen LogP contribution in [0.4, 0.5) is 4.79 Å². The Hall–Kier alpha value is -2.71. The third-order valence-electron chi connectivity index (χ3n) is 6.23. The molecule has 5 rings (SSSR count). The van der Waals surface area contributed by atoms with Gasteiger partial charge in [0.15, 0.2) is 5.82 Å². The molecule has 0 bridgehead atoms. The van der Waals surface area contributed by atoms with Crippen molar-refractivity contribution in [2.24, 2.45) is 0 Å². The lowest BCUT2D eigenvalue weighted by molar-refractivity contribution is 0.0214. The number of rotatable bonds is 2. The van der Waals surface area contributed by atoms with E-state index in [0.717, 1.165) is 46.8 Å². The van der Waals surface area contributed by atoms with E-state index < -0.39 is 10.5 Å². The van der Waals surface area contributed by atoms with Crippen LogP contribution in [0.15, 0.2) is 36.0 Å². The van der Waals surface area contributed by atoms with E-state index in [9.17, 15) is 4.79 Å². The lowest BCUT2D eigenvalue weighted by atomic mass is 9.82. The van der Waals surface area contributed by atoms with Gasteiger partial charge in [0.1, 0.15) is 11.9 Å². The molecule has 1 aliphatic carbocycles. The molecular weight excluding hydrogens is 470 g/mol.